The number of hydrogen-bond donors (Lipinski definition) is 6. The maximum Gasteiger partial charge on any atom is 0.472 e. The largest absolute Gasteiger partial charge is 0.472 e. The molecule has 1 fully saturated rings. The molecule has 6 atom stereocenters. The smallest absolute Gasteiger partial charge is 0.457 e. The van der Waals surface area contributed by atoms with E-state index in [4.69, 9.17) is 18.5 Å². The van der Waals surface area contributed by atoms with Gasteiger partial charge in [0.1, 0.15) is 42.7 Å². The minimum absolute atomic E-state index is 0.0962. The third-order valence-corrected chi connectivity index (χ3v) is 10.9. The average Bonchev–Trinajstić information content (AvgIpc) is 3.19. The van der Waals surface area contributed by atoms with Crippen LogP contribution in [-0.2, 0) is 27.9 Å². The molecule has 0 aromatic carbocycles. The summed E-state index contributed by atoms with van der Waals surface area (Å²) in [5, 5.41) is 50.1. The Morgan fingerprint density at radius 3 is 1.60 bits per heavy atom. The van der Waals surface area contributed by atoms with E-state index in [0.717, 1.165) is 89.9 Å². The zero-order chi connectivity index (χ0) is 42.0. The van der Waals surface area contributed by atoms with Crippen molar-refractivity contribution in [3.63, 3.8) is 0 Å². The van der Waals surface area contributed by atoms with Crippen LogP contribution in [0.4, 0.5) is 0 Å². The summed E-state index contributed by atoms with van der Waals surface area (Å²) in [6.07, 6.45) is 29.0. The lowest BCUT2D eigenvalue weighted by atomic mass is 9.85. The minimum atomic E-state index is -5.02. The highest BCUT2D eigenvalue weighted by atomic mass is 31.2. The number of ether oxygens (including phenoxy) is 2. The zero-order valence-corrected chi connectivity index (χ0v) is 36.0. The van der Waals surface area contributed by atoms with E-state index in [1.165, 1.54) is 44.9 Å². The third kappa shape index (κ3) is 27.6. The predicted octanol–water partition coefficient (Wildman–Crippen LogP) is 8.47. The number of allylic oxidation sites excluding steroid dienone is 8. The molecule has 0 saturated heterocycles. The second kappa shape index (κ2) is 35.1. The molecule has 1 rings (SSSR count). The Bertz CT molecular complexity index is 1130. The predicted molar refractivity (Wildman–Crippen MR) is 225 cm³/mol. The molecule has 0 radical (unpaired) electrons. The molecule has 0 amide bonds. The molecular formula is C44H79O12P. The van der Waals surface area contributed by atoms with Gasteiger partial charge in [-0.25, -0.2) is 4.57 Å². The van der Waals surface area contributed by atoms with Crippen LogP contribution < -0.4 is 0 Å². The first kappa shape index (κ1) is 53.3. The number of phosphoric ester groups is 1. The van der Waals surface area contributed by atoms with Crippen molar-refractivity contribution < 1.29 is 58.3 Å². The van der Waals surface area contributed by atoms with Crippen LogP contribution in [0.1, 0.15) is 162 Å². The number of aliphatic hydroxyl groups excluding tert-OH is 5. The van der Waals surface area contributed by atoms with E-state index in [-0.39, 0.29) is 13.0 Å². The Morgan fingerprint density at radius 1 is 0.579 bits per heavy atom. The molecule has 0 aromatic heterocycles. The Labute approximate surface area is 344 Å². The molecule has 13 heteroatoms. The number of esters is 1. The average molecular weight is 831 g/mol. The molecule has 0 bridgehead atoms. The van der Waals surface area contributed by atoms with Crippen LogP contribution in [-0.4, -0.2) is 98.9 Å². The van der Waals surface area contributed by atoms with Gasteiger partial charge in [-0.3, -0.25) is 13.8 Å². The second-order valence-electron chi connectivity index (χ2n) is 15.2. The molecule has 1 aliphatic rings. The molecule has 0 spiro atoms. The Hall–Kier alpha value is -1.70. The Kier molecular flexibility index (Phi) is 32.8. The van der Waals surface area contributed by atoms with Crippen LogP contribution >= 0.6 is 7.82 Å². The highest BCUT2D eigenvalue weighted by molar-refractivity contribution is 7.47. The summed E-state index contributed by atoms with van der Waals surface area (Å²) < 4.78 is 34.1. The van der Waals surface area contributed by atoms with E-state index in [2.05, 4.69) is 62.5 Å². The molecular weight excluding hydrogens is 751 g/mol. The Balaban J connectivity index is 2.44. The van der Waals surface area contributed by atoms with E-state index >= 15 is 0 Å². The van der Waals surface area contributed by atoms with Crippen LogP contribution in [0.5, 0.6) is 0 Å². The fourth-order valence-electron chi connectivity index (χ4n) is 6.42. The quantitative estimate of drug-likeness (QED) is 0.0153. The standard InChI is InChI=1S/C44H79O12P/c1-3-5-7-9-11-13-15-17-19-20-21-23-25-27-29-31-33-38(45)55-37(35-53-34-32-30-28-26-24-22-18-16-14-12-10-8-6-4-2)36-54-57(51,52)56-44-42(49)40(47)39(46)41(48)43(44)50/h6,8,12,14,18-20,22,37,39-44,46-50H,3-5,7,9-11,13,15-17,21,23-36H2,1-2H3,(H,51,52)/b8-6-,14-12-,20-19-,22-18-. The van der Waals surface area contributed by atoms with Gasteiger partial charge in [0.2, 0.25) is 0 Å². The molecule has 1 aliphatic carbocycles. The fourth-order valence-corrected chi connectivity index (χ4v) is 7.39. The van der Waals surface area contributed by atoms with Gasteiger partial charge in [0.25, 0.3) is 0 Å². The van der Waals surface area contributed by atoms with Gasteiger partial charge < -0.3 is 39.9 Å². The van der Waals surface area contributed by atoms with Crippen molar-refractivity contribution in [2.24, 2.45) is 0 Å². The van der Waals surface area contributed by atoms with Crippen molar-refractivity contribution in [2.45, 2.75) is 204 Å². The number of hydrogen-bond acceptors (Lipinski definition) is 11. The van der Waals surface area contributed by atoms with Crippen LogP contribution in [0.2, 0.25) is 0 Å². The summed E-state index contributed by atoms with van der Waals surface area (Å²) in [6.45, 7) is 4.07. The fraction of sp³-hybridized carbons (Fsp3) is 0.795. The van der Waals surface area contributed by atoms with E-state index in [1.54, 1.807) is 0 Å². The number of carbonyl (C=O) groups is 1. The van der Waals surface area contributed by atoms with Gasteiger partial charge in [0.15, 0.2) is 0 Å². The number of carbonyl (C=O) groups excluding carboxylic acids is 1. The highest BCUT2D eigenvalue weighted by Crippen LogP contribution is 2.47. The lowest BCUT2D eigenvalue weighted by Gasteiger charge is -2.41. The van der Waals surface area contributed by atoms with Crippen molar-refractivity contribution in [3.05, 3.63) is 48.6 Å². The van der Waals surface area contributed by atoms with Crippen LogP contribution in [0.15, 0.2) is 48.6 Å². The summed E-state index contributed by atoms with van der Waals surface area (Å²) in [6, 6.07) is 0. The molecule has 1 saturated carbocycles. The number of rotatable bonds is 36. The molecule has 6 N–H and O–H groups in total. The highest BCUT2D eigenvalue weighted by Gasteiger charge is 2.51. The summed E-state index contributed by atoms with van der Waals surface area (Å²) in [4.78, 5) is 23.1. The van der Waals surface area contributed by atoms with Crippen molar-refractivity contribution in [3.8, 4) is 0 Å². The first-order valence-corrected chi connectivity index (χ1v) is 23.5. The van der Waals surface area contributed by atoms with E-state index in [9.17, 15) is 39.8 Å². The van der Waals surface area contributed by atoms with Gasteiger partial charge in [-0.15, -0.1) is 0 Å². The Morgan fingerprint density at radius 2 is 1.04 bits per heavy atom. The van der Waals surface area contributed by atoms with Gasteiger partial charge >= 0.3 is 13.8 Å². The first-order valence-electron chi connectivity index (χ1n) is 22.0. The summed E-state index contributed by atoms with van der Waals surface area (Å²) in [5.41, 5.74) is 0. The van der Waals surface area contributed by atoms with Gasteiger partial charge in [-0.1, -0.05) is 133 Å². The molecule has 332 valence electrons. The molecule has 0 aromatic rings. The van der Waals surface area contributed by atoms with E-state index < -0.39 is 63.1 Å². The van der Waals surface area contributed by atoms with E-state index in [0.29, 0.717) is 13.0 Å². The number of aliphatic hydroxyl groups is 5. The van der Waals surface area contributed by atoms with E-state index in [1.807, 2.05) is 0 Å². The maximum atomic E-state index is 12.8. The zero-order valence-electron chi connectivity index (χ0n) is 35.1. The lowest BCUT2D eigenvalue weighted by Crippen LogP contribution is -2.64. The molecule has 6 unspecified atom stereocenters. The van der Waals surface area contributed by atoms with Crippen LogP contribution in [0.25, 0.3) is 0 Å². The SMILES string of the molecule is CC/C=C\C/C=C\C/C=C\CCCCCCOCC(COP(=O)(O)OC1C(O)C(O)C(O)C(O)C1O)OC(=O)CCCCCCC/C=C\CCCCCCCCC. The summed E-state index contributed by atoms with van der Waals surface area (Å²) >= 11 is 0. The molecule has 57 heavy (non-hydrogen) atoms. The van der Waals surface area contributed by atoms with Gasteiger partial charge in [-0.2, -0.15) is 0 Å². The molecule has 0 aliphatic heterocycles. The lowest BCUT2D eigenvalue weighted by molar-refractivity contribution is -0.220. The second-order valence-corrected chi connectivity index (χ2v) is 16.6. The minimum Gasteiger partial charge on any atom is -0.457 e. The van der Waals surface area contributed by atoms with Crippen molar-refractivity contribution in [1.29, 1.82) is 0 Å². The molecule has 0 heterocycles. The summed E-state index contributed by atoms with van der Waals surface area (Å²) in [5.74, 6) is -0.496. The third-order valence-electron chi connectivity index (χ3n) is 9.94. The van der Waals surface area contributed by atoms with Crippen molar-refractivity contribution in [1.82, 2.24) is 0 Å². The maximum absolute atomic E-state index is 12.8. The normalized spacial score (nSPS) is 23.3. The van der Waals surface area contributed by atoms with Gasteiger partial charge in [0, 0.05) is 13.0 Å². The van der Waals surface area contributed by atoms with Gasteiger partial charge in [-0.05, 0) is 70.6 Å². The monoisotopic (exact) mass is 831 g/mol. The molecule has 12 nitrogen and oxygen atoms in total. The van der Waals surface area contributed by atoms with Crippen molar-refractivity contribution >= 4 is 13.8 Å². The number of phosphoric acid groups is 1. The van der Waals surface area contributed by atoms with Crippen molar-refractivity contribution in [2.75, 3.05) is 19.8 Å². The topological polar surface area (TPSA) is 192 Å². The first-order chi connectivity index (χ1) is 27.5. The van der Waals surface area contributed by atoms with Gasteiger partial charge in [0.05, 0.1) is 13.2 Å². The summed E-state index contributed by atoms with van der Waals surface area (Å²) in [7, 11) is -5.02. The van der Waals surface area contributed by atoms with Crippen LogP contribution in [0, 0.1) is 0 Å². The van der Waals surface area contributed by atoms with Crippen LogP contribution in [0.3, 0.4) is 0 Å². The number of unbranched alkanes of at least 4 members (excludes halogenated alkanes) is 16.